The summed E-state index contributed by atoms with van der Waals surface area (Å²) < 4.78 is 4.68. The Balaban J connectivity index is 2.49. The fraction of sp³-hybridized carbons (Fsp3) is 0.700. The predicted octanol–water partition coefficient (Wildman–Crippen LogP) is 1.20. The van der Waals surface area contributed by atoms with Crippen molar-refractivity contribution < 1.29 is 9.53 Å². The van der Waals surface area contributed by atoms with Gasteiger partial charge in [-0.25, -0.2) is 4.79 Å². The molecular formula is C10H17NO2. The molecule has 3 heteroatoms. The number of hydrogen-bond acceptors (Lipinski definition) is 3. The van der Waals surface area contributed by atoms with Crippen LogP contribution in [0.1, 0.15) is 19.8 Å². The zero-order chi connectivity index (χ0) is 9.68. The highest BCUT2D eigenvalue weighted by molar-refractivity contribution is 5.88. The van der Waals surface area contributed by atoms with Gasteiger partial charge < -0.3 is 4.74 Å². The van der Waals surface area contributed by atoms with Gasteiger partial charge in [0.25, 0.3) is 0 Å². The van der Waals surface area contributed by atoms with Crippen LogP contribution < -0.4 is 0 Å². The molecule has 3 nitrogen and oxygen atoms in total. The third-order valence-electron chi connectivity index (χ3n) is 2.22. The maximum Gasteiger partial charge on any atom is 0.334 e. The molecule has 0 N–H and O–H groups in total. The van der Waals surface area contributed by atoms with Crippen LogP contribution in [0.2, 0.25) is 0 Å². The predicted molar refractivity (Wildman–Crippen MR) is 51.4 cm³/mol. The first-order chi connectivity index (χ1) is 6.27. The van der Waals surface area contributed by atoms with Crippen LogP contribution in [0.4, 0.5) is 0 Å². The van der Waals surface area contributed by atoms with Crippen LogP contribution in [0.5, 0.6) is 0 Å². The number of hydrogen-bond donors (Lipinski definition) is 0. The van der Waals surface area contributed by atoms with Gasteiger partial charge in [0.05, 0.1) is 7.11 Å². The van der Waals surface area contributed by atoms with Crippen LogP contribution in [0.25, 0.3) is 0 Å². The van der Waals surface area contributed by atoms with Gasteiger partial charge in [0.1, 0.15) is 0 Å². The summed E-state index contributed by atoms with van der Waals surface area (Å²) in [6.45, 7) is 5.03. The first-order valence-electron chi connectivity index (χ1n) is 4.77. The number of nitrogens with zero attached hydrogens (tertiary/aromatic N) is 1. The van der Waals surface area contributed by atoms with Gasteiger partial charge in [-0.1, -0.05) is 13.0 Å². The average molecular weight is 183 g/mol. The van der Waals surface area contributed by atoms with Crippen LogP contribution >= 0.6 is 0 Å². The molecule has 1 aliphatic rings. The maximum atomic E-state index is 11.2. The standard InChI is InChI=1S/C10H17NO2/c1-3-6-11-7-4-5-9(8-11)10(12)13-2/h5H,3-4,6-8H2,1-2H3. The van der Waals surface area contributed by atoms with E-state index in [1.165, 1.54) is 7.11 Å². The summed E-state index contributed by atoms with van der Waals surface area (Å²) in [4.78, 5) is 13.5. The maximum absolute atomic E-state index is 11.2. The van der Waals surface area contributed by atoms with Gasteiger partial charge in [-0.3, -0.25) is 4.90 Å². The molecule has 74 valence electrons. The number of rotatable bonds is 3. The lowest BCUT2D eigenvalue weighted by atomic mass is 10.1. The first kappa shape index (κ1) is 10.3. The lowest BCUT2D eigenvalue weighted by Crippen LogP contribution is -2.33. The molecule has 1 aliphatic heterocycles. The van der Waals surface area contributed by atoms with Crippen LogP contribution in [0.3, 0.4) is 0 Å². The van der Waals surface area contributed by atoms with Crippen LogP contribution in [-0.4, -0.2) is 37.6 Å². The molecule has 0 radical (unpaired) electrons. The smallest absolute Gasteiger partial charge is 0.334 e. The Morgan fingerprint density at radius 3 is 3.08 bits per heavy atom. The van der Waals surface area contributed by atoms with E-state index in [1.54, 1.807) is 0 Å². The third-order valence-corrected chi connectivity index (χ3v) is 2.22. The summed E-state index contributed by atoms with van der Waals surface area (Å²) in [6.07, 6.45) is 4.08. The Labute approximate surface area is 79.4 Å². The molecule has 0 fully saturated rings. The summed E-state index contributed by atoms with van der Waals surface area (Å²) >= 11 is 0. The van der Waals surface area contributed by atoms with Crippen molar-refractivity contribution in [1.82, 2.24) is 4.90 Å². The SMILES string of the molecule is CCCN1CCC=C(C(=O)OC)C1. The van der Waals surface area contributed by atoms with E-state index in [2.05, 4.69) is 16.6 Å². The molecule has 1 heterocycles. The second-order valence-corrected chi connectivity index (χ2v) is 3.29. The van der Waals surface area contributed by atoms with Gasteiger partial charge in [-0.05, 0) is 19.4 Å². The van der Waals surface area contributed by atoms with Gasteiger partial charge in [0, 0.05) is 18.7 Å². The molecule has 13 heavy (non-hydrogen) atoms. The molecule has 0 spiro atoms. The van der Waals surface area contributed by atoms with Gasteiger partial charge in [-0.15, -0.1) is 0 Å². The molecule has 0 aliphatic carbocycles. The molecule has 0 amide bonds. The van der Waals surface area contributed by atoms with Crippen molar-refractivity contribution in [3.8, 4) is 0 Å². The topological polar surface area (TPSA) is 29.5 Å². The summed E-state index contributed by atoms with van der Waals surface area (Å²) in [5.74, 6) is -0.180. The lowest BCUT2D eigenvalue weighted by molar-refractivity contribution is -0.136. The van der Waals surface area contributed by atoms with E-state index in [-0.39, 0.29) is 5.97 Å². The molecule has 0 aromatic carbocycles. The van der Waals surface area contributed by atoms with E-state index in [9.17, 15) is 4.79 Å². The summed E-state index contributed by atoms with van der Waals surface area (Å²) in [5.41, 5.74) is 0.808. The normalized spacial score (nSPS) is 18.2. The van der Waals surface area contributed by atoms with E-state index in [4.69, 9.17) is 0 Å². The first-order valence-corrected chi connectivity index (χ1v) is 4.77. The Morgan fingerprint density at radius 2 is 2.46 bits per heavy atom. The molecule has 0 aromatic heterocycles. The Kier molecular flexibility index (Phi) is 3.96. The number of esters is 1. The highest BCUT2D eigenvalue weighted by Crippen LogP contribution is 2.10. The van der Waals surface area contributed by atoms with Gasteiger partial charge in [-0.2, -0.15) is 0 Å². The molecule has 0 unspecified atom stereocenters. The Bertz CT molecular complexity index is 211. The van der Waals surface area contributed by atoms with E-state index in [1.807, 2.05) is 6.08 Å². The zero-order valence-electron chi connectivity index (χ0n) is 8.38. The monoisotopic (exact) mass is 183 g/mol. The second kappa shape index (κ2) is 5.02. The Hall–Kier alpha value is -0.830. The molecule has 0 saturated carbocycles. The highest BCUT2D eigenvalue weighted by Gasteiger charge is 2.17. The molecule has 0 atom stereocenters. The van der Waals surface area contributed by atoms with Crippen molar-refractivity contribution in [1.29, 1.82) is 0 Å². The van der Waals surface area contributed by atoms with Gasteiger partial charge >= 0.3 is 5.97 Å². The van der Waals surface area contributed by atoms with E-state index in [0.717, 1.165) is 38.0 Å². The second-order valence-electron chi connectivity index (χ2n) is 3.29. The highest BCUT2D eigenvalue weighted by atomic mass is 16.5. The molecule has 0 bridgehead atoms. The summed E-state index contributed by atoms with van der Waals surface area (Å²) in [6, 6.07) is 0. The van der Waals surface area contributed by atoms with Crippen molar-refractivity contribution in [3.63, 3.8) is 0 Å². The van der Waals surface area contributed by atoms with Crippen molar-refractivity contribution in [3.05, 3.63) is 11.6 Å². The van der Waals surface area contributed by atoms with Crippen LogP contribution in [-0.2, 0) is 9.53 Å². The largest absolute Gasteiger partial charge is 0.466 e. The average Bonchev–Trinajstić information content (AvgIpc) is 2.18. The fourth-order valence-electron chi connectivity index (χ4n) is 1.59. The molecule has 0 aromatic rings. The third kappa shape index (κ3) is 2.84. The van der Waals surface area contributed by atoms with Crippen molar-refractivity contribution in [2.75, 3.05) is 26.7 Å². The van der Waals surface area contributed by atoms with Crippen LogP contribution in [0, 0.1) is 0 Å². The fourth-order valence-corrected chi connectivity index (χ4v) is 1.59. The van der Waals surface area contributed by atoms with E-state index >= 15 is 0 Å². The van der Waals surface area contributed by atoms with Gasteiger partial charge in [0.15, 0.2) is 0 Å². The van der Waals surface area contributed by atoms with Crippen LogP contribution in [0.15, 0.2) is 11.6 Å². The Morgan fingerprint density at radius 1 is 1.69 bits per heavy atom. The minimum atomic E-state index is -0.180. The van der Waals surface area contributed by atoms with Crippen molar-refractivity contribution in [2.24, 2.45) is 0 Å². The molecule has 1 rings (SSSR count). The number of methoxy groups -OCH3 is 1. The zero-order valence-corrected chi connectivity index (χ0v) is 8.38. The van der Waals surface area contributed by atoms with E-state index < -0.39 is 0 Å². The number of ether oxygens (including phenoxy) is 1. The quantitative estimate of drug-likeness (QED) is 0.616. The lowest BCUT2D eigenvalue weighted by Gasteiger charge is -2.25. The van der Waals surface area contributed by atoms with Crippen molar-refractivity contribution >= 4 is 5.97 Å². The summed E-state index contributed by atoms with van der Waals surface area (Å²) in [7, 11) is 1.43. The van der Waals surface area contributed by atoms with E-state index in [0.29, 0.717) is 0 Å². The number of carbonyl (C=O) groups is 1. The molecular weight excluding hydrogens is 166 g/mol. The number of carbonyl (C=O) groups excluding carboxylic acids is 1. The summed E-state index contributed by atoms with van der Waals surface area (Å²) in [5, 5.41) is 0. The minimum absolute atomic E-state index is 0.180. The van der Waals surface area contributed by atoms with Crippen molar-refractivity contribution in [2.45, 2.75) is 19.8 Å². The minimum Gasteiger partial charge on any atom is -0.466 e. The van der Waals surface area contributed by atoms with Gasteiger partial charge in [0.2, 0.25) is 0 Å². The molecule has 0 saturated heterocycles.